The molecule has 0 saturated carbocycles. The molecule has 0 aliphatic carbocycles. The van der Waals surface area contributed by atoms with Gasteiger partial charge >= 0.3 is 6.18 Å². The number of alkyl halides is 3. The molecule has 0 spiro atoms. The highest BCUT2D eigenvalue weighted by Gasteiger charge is 2.30. The molecular formula is C15H11Cl2F3OS. The molecule has 2 aromatic rings. The van der Waals surface area contributed by atoms with Crippen LogP contribution in [0.25, 0.3) is 0 Å². The Morgan fingerprint density at radius 1 is 0.955 bits per heavy atom. The van der Waals surface area contributed by atoms with Crippen LogP contribution in [0.2, 0.25) is 10.0 Å². The monoisotopic (exact) mass is 366 g/mol. The van der Waals surface area contributed by atoms with Gasteiger partial charge < -0.3 is 0 Å². The molecule has 2 aromatic carbocycles. The van der Waals surface area contributed by atoms with Gasteiger partial charge in [-0.05, 0) is 23.8 Å². The maximum atomic E-state index is 12.6. The first-order chi connectivity index (χ1) is 10.3. The lowest BCUT2D eigenvalue weighted by atomic mass is 10.1. The summed E-state index contributed by atoms with van der Waals surface area (Å²) in [7, 11) is -1.41. The minimum Gasteiger partial charge on any atom is -0.259 e. The van der Waals surface area contributed by atoms with E-state index in [4.69, 9.17) is 23.2 Å². The molecule has 0 saturated heterocycles. The first kappa shape index (κ1) is 17.3. The molecule has 0 amide bonds. The van der Waals surface area contributed by atoms with Crippen LogP contribution in [0.1, 0.15) is 16.7 Å². The lowest BCUT2D eigenvalue weighted by Crippen LogP contribution is -2.06. The van der Waals surface area contributed by atoms with Crippen LogP contribution in [0.5, 0.6) is 0 Å². The molecule has 2 rings (SSSR count). The van der Waals surface area contributed by atoms with Crippen molar-refractivity contribution in [3.63, 3.8) is 0 Å². The Morgan fingerprint density at radius 2 is 1.55 bits per heavy atom. The lowest BCUT2D eigenvalue weighted by Gasteiger charge is -2.10. The fraction of sp³-hybridized carbons (Fsp3) is 0.200. The number of benzene rings is 2. The number of halogens is 5. The molecule has 0 bridgehead atoms. The Balaban J connectivity index is 2.13. The molecule has 0 aromatic heterocycles. The smallest absolute Gasteiger partial charge is 0.259 e. The third-order valence-corrected chi connectivity index (χ3v) is 4.92. The summed E-state index contributed by atoms with van der Waals surface area (Å²) in [4.78, 5) is 0. The zero-order valence-corrected chi connectivity index (χ0v) is 13.5. The first-order valence-corrected chi connectivity index (χ1v) is 8.46. The lowest BCUT2D eigenvalue weighted by molar-refractivity contribution is -0.137. The Bertz CT molecular complexity index is 681. The fourth-order valence-corrected chi connectivity index (χ4v) is 3.88. The maximum absolute atomic E-state index is 12.6. The molecule has 0 N–H and O–H groups in total. The summed E-state index contributed by atoms with van der Waals surface area (Å²) in [6, 6.07) is 9.74. The van der Waals surface area contributed by atoms with Crippen LogP contribution in [0.15, 0.2) is 42.5 Å². The summed E-state index contributed by atoms with van der Waals surface area (Å²) in [5, 5.41) is 0.787. The van der Waals surface area contributed by atoms with E-state index in [1.165, 1.54) is 12.1 Å². The highest BCUT2D eigenvalue weighted by atomic mass is 35.5. The van der Waals surface area contributed by atoms with Crippen molar-refractivity contribution in [2.75, 3.05) is 0 Å². The molecule has 1 atom stereocenters. The van der Waals surface area contributed by atoms with Gasteiger partial charge in [-0.3, -0.25) is 4.21 Å². The Labute approximate surface area is 138 Å². The van der Waals surface area contributed by atoms with Gasteiger partial charge in [0.15, 0.2) is 0 Å². The second-order valence-electron chi connectivity index (χ2n) is 4.63. The van der Waals surface area contributed by atoms with Crippen LogP contribution in [-0.2, 0) is 28.5 Å². The van der Waals surface area contributed by atoms with Crippen molar-refractivity contribution in [2.24, 2.45) is 0 Å². The number of rotatable bonds is 4. The average molecular weight is 367 g/mol. The zero-order chi connectivity index (χ0) is 16.3. The largest absolute Gasteiger partial charge is 0.416 e. The van der Waals surface area contributed by atoms with E-state index in [1.54, 1.807) is 18.2 Å². The van der Waals surface area contributed by atoms with Gasteiger partial charge in [-0.2, -0.15) is 13.2 Å². The van der Waals surface area contributed by atoms with Crippen LogP contribution < -0.4 is 0 Å². The average Bonchev–Trinajstić information content (AvgIpc) is 2.42. The van der Waals surface area contributed by atoms with Crippen molar-refractivity contribution < 1.29 is 17.4 Å². The van der Waals surface area contributed by atoms with Crippen molar-refractivity contribution in [3.05, 3.63) is 69.2 Å². The Morgan fingerprint density at radius 3 is 2.14 bits per heavy atom. The second kappa shape index (κ2) is 7.02. The Kier molecular flexibility index (Phi) is 5.53. The number of hydrogen-bond acceptors (Lipinski definition) is 1. The standard InChI is InChI=1S/C15H11Cl2F3OS/c16-13-5-2-6-14(17)12(13)9-22(21)8-10-3-1-4-11(7-10)15(18,19)20/h1-7H,8-9H2/t22-/m1/s1. The van der Waals surface area contributed by atoms with E-state index in [2.05, 4.69) is 0 Å². The molecule has 0 heterocycles. The quantitative estimate of drug-likeness (QED) is 0.701. The Hall–Kier alpha value is -1.04. The van der Waals surface area contributed by atoms with E-state index in [-0.39, 0.29) is 11.5 Å². The summed E-state index contributed by atoms with van der Waals surface area (Å²) in [6.45, 7) is 0. The molecule has 0 aliphatic heterocycles. The first-order valence-electron chi connectivity index (χ1n) is 6.21. The fourth-order valence-electron chi connectivity index (χ4n) is 1.91. The molecule has 0 fully saturated rings. The minimum absolute atomic E-state index is 0.00543. The maximum Gasteiger partial charge on any atom is 0.416 e. The summed E-state index contributed by atoms with van der Waals surface area (Å²) >= 11 is 12.0. The van der Waals surface area contributed by atoms with Gasteiger partial charge in [0, 0.05) is 32.2 Å². The molecular weight excluding hydrogens is 356 g/mol. The van der Waals surface area contributed by atoms with Crippen molar-refractivity contribution in [3.8, 4) is 0 Å². The minimum atomic E-state index is -4.41. The summed E-state index contributed by atoms with van der Waals surface area (Å²) in [5.41, 5.74) is 0.144. The van der Waals surface area contributed by atoms with Crippen molar-refractivity contribution in [2.45, 2.75) is 17.7 Å². The molecule has 22 heavy (non-hydrogen) atoms. The SMILES string of the molecule is O=[S@](Cc1cccc(C(F)(F)F)c1)Cc1c(Cl)cccc1Cl. The van der Waals surface area contributed by atoms with E-state index in [9.17, 15) is 17.4 Å². The molecule has 0 radical (unpaired) electrons. The van der Waals surface area contributed by atoms with Crippen LogP contribution in [0.3, 0.4) is 0 Å². The highest BCUT2D eigenvalue weighted by Crippen LogP contribution is 2.30. The summed E-state index contributed by atoms with van der Waals surface area (Å²) < 4.78 is 50.1. The zero-order valence-electron chi connectivity index (χ0n) is 11.2. The predicted molar refractivity (Wildman–Crippen MR) is 83.5 cm³/mol. The molecule has 0 unspecified atom stereocenters. The van der Waals surface area contributed by atoms with Gasteiger partial charge in [0.2, 0.25) is 0 Å². The molecule has 1 nitrogen and oxygen atoms in total. The normalized spacial score (nSPS) is 13.1. The van der Waals surface area contributed by atoms with E-state index < -0.39 is 22.5 Å². The molecule has 118 valence electrons. The summed E-state index contributed by atoms with van der Waals surface area (Å²) in [5.74, 6) is 0.0974. The van der Waals surface area contributed by atoms with Gasteiger partial charge in [0.1, 0.15) is 0 Å². The second-order valence-corrected chi connectivity index (χ2v) is 6.90. The molecule has 7 heteroatoms. The van der Waals surface area contributed by atoms with Crippen molar-refractivity contribution in [1.29, 1.82) is 0 Å². The summed E-state index contributed by atoms with van der Waals surface area (Å²) in [6.07, 6.45) is -4.41. The third-order valence-electron chi connectivity index (χ3n) is 2.95. The van der Waals surface area contributed by atoms with Gasteiger partial charge in [0.25, 0.3) is 0 Å². The van der Waals surface area contributed by atoms with Crippen LogP contribution >= 0.6 is 23.2 Å². The third kappa shape index (κ3) is 4.48. The van der Waals surface area contributed by atoms with Gasteiger partial charge in [-0.25, -0.2) is 0 Å². The van der Waals surface area contributed by atoms with E-state index in [1.807, 2.05) is 0 Å². The van der Waals surface area contributed by atoms with Gasteiger partial charge in [-0.15, -0.1) is 0 Å². The van der Waals surface area contributed by atoms with Gasteiger partial charge in [-0.1, -0.05) is 47.5 Å². The van der Waals surface area contributed by atoms with Crippen LogP contribution in [0, 0.1) is 0 Å². The van der Waals surface area contributed by atoms with E-state index in [0.717, 1.165) is 12.1 Å². The van der Waals surface area contributed by atoms with E-state index >= 15 is 0 Å². The van der Waals surface area contributed by atoms with E-state index in [0.29, 0.717) is 21.2 Å². The number of hydrogen-bond donors (Lipinski definition) is 0. The van der Waals surface area contributed by atoms with Gasteiger partial charge in [0.05, 0.1) is 11.3 Å². The van der Waals surface area contributed by atoms with Crippen LogP contribution in [0.4, 0.5) is 13.2 Å². The molecule has 0 aliphatic rings. The van der Waals surface area contributed by atoms with Crippen LogP contribution in [-0.4, -0.2) is 4.21 Å². The van der Waals surface area contributed by atoms with Crippen molar-refractivity contribution in [1.82, 2.24) is 0 Å². The topological polar surface area (TPSA) is 17.1 Å². The highest BCUT2D eigenvalue weighted by molar-refractivity contribution is 7.83. The predicted octanol–water partition coefficient (Wildman–Crippen LogP) is 5.46. The van der Waals surface area contributed by atoms with Crippen molar-refractivity contribution >= 4 is 34.0 Å².